The summed E-state index contributed by atoms with van der Waals surface area (Å²) >= 11 is 0. The Morgan fingerprint density at radius 1 is 1.18 bits per heavy atom. The molecular weight excluding hydrogens is 420 g/mol. The zero-order valence-electron chi connectivity index (χ0n) is 20.3. The quantitative estimate of drug-likeness (QED) is 0.544. The van der Waals surface area contributed by atoms with Gasteiger partial charge >= 0.3 is 6.03 Å². The van der Waals surface area contributed by atoms with E-state index < -0.39 is 24.0 Å². The molecule has 8 heteroatoms. The van der Waals surface area contributed by atoms with Crippen molar-refractivity contribution in [3.8, 4) is 0 Å². The van der Waals surface area contributed by atoms with Gasteiger partial charge in [-0.05, 0) is 63.0 Å². The minimum Gasteiger partial charge on any atom is -0.350 e. The number of hydrogen-bond donors (Lipinski definition) is 3. The van der Waals surface area contributed by atoms with Crippen molar-refractivity contribution in [1.82, 2.24) is 15.5 Å². The van der Waals surface area contributed by atoms with Crippen molar-refractivity contribution in [2.75, 3.05) is 11.9 Å². The van der Waals surface area contributed by atoms with Gasteiger partial charge in [-0.1, -0.05) is 39.3 Å². The smallest absolute Gasteiger partial charge is 0.325 e. The third-order valence-electron chi connectivity index (χ3n) is 7.27. The molecule has 3 N–H and O–H groups in total. The third kappa shape index (κ3) is 5.20. The van der Waals surface area contributed by atoms with Gasteiger partial charge in [0.2, 0.25) is 5.91 Å². The Hall–Kier alpha value is -2.90. The highest BCUT2D eigenvalue weighted by Gasteiger charge is 2.53. The Bertz CT molecular complexity index is 932. The molecule has 1 aliphatic heterocycles. The summed E-state index contributed by atoms with van der Waals surface area (Å²) in [6.07, 6.45) is 3.97. The minimum absolute atomic E-state index is 0.0543. The van der Waals surface area contributed by atoms with Gasteiger partial charge in [-0.25, -0.2) is 4.79 Å². The lowest BCUT2D eigenvalue weighted by atomic mass is 9.65. The predicted octanol–water partition coefficient (Wildman–Crippen LogP) is 3.68. The number of nitrogens with one attached hydrogen (secondary N) is 3. The highest BCUT2D eigenvalue weighted by Crippen LogP contribution is 2.45. The standard InChI is InChI=1S/C25H36N4O4/c1-6-24(4,5)17-11-13-25(14-12-17)22(32)29(23(33)28-25)15-20(30)27-19-10-8-7-9-18(19)21(31)26-16(2)3/h7-10,16-17H,6,11-15H2,1-5H3,(H,26,31)(H,27,30)(H,28,33). The number of rotatable bonds is 7. The minimum atomic E-state index is -0.910. The molecule has 180 valence electrons. The highest BCUT2D eigenvalue weighted by molar-refractivity contribution is 6.11. The van der Waals surface area contributed by atoms with Gasteiger partial charge in [-0.3, -0.25) is 19.3 Å². The van der Waals surface area contributed by atoms with Crippen LogP contribution in [-0.4, -0.2) is 46.8 Å². The first kappa shape index (κ1) is 24.7. The fraction of sp³-hybridized carbons (Fsp3) is 0.600. The largest absolute Gasteiger partial charge is 0.350 e. The van der Waals surface area contributed by atoms with Crippen LogP contribution in [0.5, 0.6) is 0 Å². The Balaban J connectivity index is 1.66. The Morgan fingerprint density at radius 2 is 1.82 bits per heavy atom. The van der Waals surface area contributed by atoms with Crippen molar-refractivity contribution in [3.63, 3.8) is 0 Å². The Kier molecular flexibility index (Phi) is 7.14. The Morgan fingerprint density at radius 3 is 2.42 bits per heavy atom. The zero-order chi connectivity index (χ0) is 24.4. The van der Waals surface area contributed by atoms with Crippen LogP contribution in [0.3, 0.4) is 0 Å². The third-order valence-corrected chi connectivity index (χ3v) is 7.27. The average molecular weight is 457 g/mol. The van der Waals surface area contributed by atoms with Gasteiger partial charge in [0, 0.05) is 6.04 Å². The molecule has 3 rings (SSSR count). The molecule has 1 heterocycles. The highest BCUT2D eigenvalue weighted by atomic mass is 16.2. The monoisotopic (exact) mass is 456 g/mol. The number of anilines is 1. The molecule has 1 saturated carbocycles. The number of imide groups is 1. The molecule has 0 bridgehead atoms. The summed E-state index contributed by atoms with van der Waals surface area (Å²) in [6, 6.07) is 6.07. The van der Waals surface area contributed by atoms with Crippen LogP contribution in [0.4, 0.5) is 10.5 Å². The summed E-state index contributed by atoms with van der Waals surface area (Å²) in [4.78, 5) is 52.0. The van der Waals surface area contributed by atoms with Crippen molar-refractivity contribution in [2.24, 2.45) is 11.3 Å². The zero-order valence-corrected chi connectivity index (χ0v) is 20.3. The average Bonchev–Trinajstić information content (AvgIpc) is 2.97. The number of carbonyl (C=O) groups excluding carboxylic acids is 4. The van der Waals surface area contributed by atoms with Gasteiger partial charge in [0.05, 0.1) is 11.3 Å². The number of para-hydroxylation sites is 1. The maximum Gasteiger partial charge on any atom is 0.325 e. The first-order valence-corrected chi connectivity index (χ1v) is 11.8. The van der Waals surface area contributed by atoms with Crippen molar-refractivity contribution in [1.29, 1.82) is 0 Å². The predicted molar refractivity (Wildman–Crippen MR) is 127 cm³/mol. The van der Waals surface area contributed by atoms with Crippen molar-refractivity contribution < 1.29 is 19.2 Å². The number of hydrogen-bond acceptors (Lipinski definition) is 4. The van der Waals surface area contributed by atoms with Crippen LogP contribution in [0, 0.1) is 11.3 Å². The van der Waals surface area contributed by atoms with E-state index in [-0.39, 0.29) is 23.3 Å². The number of amides is 5. The molecule has 8 nitrogen and oxygen atoms in total. The molecule has 1 spiro atoms. The number of nitrogens with zero attached hydrogens (tertiary/aromatic N) is 1. The SMILES string of the molecule is CCC(C)(C)C1CCC2(CC1)NC(=O)N(CC(=O)Nc1ccccc1C(=O)NC(C)C)C2=O. The molecule has 2 aliphatic rings. The van der Waals surface area contributed by atoms with Crippen LogP contribution in [0.1, 0.15) is 77.1 Å². The second kappa shape index (κ2) is 9.53. The summed E-state index contributed by atoms with van der Waals surface area (Å²) < 4.78 is 0. The van der Waals surface area contributed by atoms with Crippen molar-refractivity contribution in [2.45, 2.75) is 78.3 Å². The van der Waals surface area contributed by atoms with E-state index in [2.05, 4.69) is 36.7 Å². The van der Waals surface area contributed by atoms with Crippen molar-refractivity contribution >= 4 is 29.4 Å². The number of urea groups is 1. The van der Waals surface area contributed by atoms with E-state index in [4.69, 9.17) is 0 Å². The summed E-state index contributed by atoms with van der Waals surface area (Å²) in [5.41, 5.74) is -0.0516. The van der Waals surface area contributed by atoms with Crippen LogP contribution in [0.15, 0.2) is 24.3 Å². The fourth-order valence-electron chi connectivity index (χ4n) is 4.80. The summed E-state index contributed by atoms with van der Waals surface area (Å²) in [7, 11) is 0. The molecule has 0 atom stereocenters. The molecule has 0 aromatic heterocycles. The number of benzene rings is 1. The summed E-state index contributed by atoms with van der Waals surface area (Å²) in [5.74, 6) is -0.660. The summed E-state index contributed by atoms with van der Waals surface area (Å²) in [5, 5.41) is 8.36. The molecule has 2 fully saturated rings. The molecular formula is C25H36N4O4. The van der Waals surface area contributed by atoms with Crippen LogP contribution in [0.2, 0.25) is 0 Å². The van der Waals surface area contributed by atoms with Gasteiger partial charge in [-0.15, -0.1) is 0 Å². The molecule has 1 saturated heterocycles. The molecule has 33 heavy (non-hydrogen) atoms. The lowest BCUT2D eigenvalue weighted by Gasteiger charge is -2.42. The van der Waals surface area contributed by atoms with Crippen LogP contribution >= 0.6 is 0 Å². The van der Waals surface area contributed by atoms with E-state index in [0.29, 0.717) is 30.0 Å². The number of carbonyl (C=O) groups is 4. The lowest BCUT2D eigenvalue weighted by molar-refractivity contribution is -0.135. The fourth-order valence-corrected chi connectivity index (χ4v) is 4.80. The lowest BCUT2D eigenvalue weighted by Crippen LogP contribution is -2.51. The van der Waals surface area contributed by atoms with Gasteiger partial charge in [-0.2, -0.15) is 0 Å². The van der Waals surface area contributed by atoms with E-state index in [0.717, 1.165) is 24.2 Å². The van der Waals surface area contributed by atoms with E-state index in [1.54, 1.807) is 24.3 Å². The molecule has 1 aromatic rings. The maximum atomic E-state index is 13.2. The first-order chi connectivity index (χ1) is 15.5. The van der Waals surface area contributed by atoms with E-state index in [1.807, 2.05) is 13.8 Å². The molecule has 0 radical (unpaired) electrons. The first-order valence-electron chi connectivity index (χ1n) is 11.8. The normalized spacial score (nSPS) is 23.1. The van der Waals surface area contributed by atoms with Gasteiger partial charge in [0.25, 0.3) is 11.8 Å². The van der Waals surface area contributed by atoms with Crippen LogP contribution < -0.4 is 16.0 Å². The second-order valence-electron chi connectivity index (χ2n) is 10.2. The maximum absolute atomic E-state index is 13.2. The molecule has 5 amide bonds. The van der Waals surface area contributed by atoms with Gasteiger partial charge in [0.1, 0.15) is 12.1 Å². The molecule has 1 aromatic carbocycles. The van der Waals surface area contributed by atoms with E-state index in [1.165, 1.54) is 0 Å². The van der Waals surface area contributed by atoms with E-state index in [9.17, 15) is 19.2 Å². The van der Waals surface area contributed by atoms with Crippen LogP contribution in [-0.2, 0) is 9.59 Å². The van der Waals surface area contributed by atoms with Gasteiger partial charge in [0.15, 0.2) is 0 Å². The van der Waals surface area contributed by atoms with Crippen molar-refractivity contribution in [3.05, 3.63) is 29.8 Å². The molecule has 1 aliphatic carbocycles. The topological polar surface area (TPSA) is 108 Å². The summed E-state index contributed by atoms with van der Waals surface area (Å²) in [6.45, 7) is 9.99. The second-order valence-corrected chi connectivity index (χ2v) is 10.2. The van der Waals surface area contributed by atoms with Crippen LogP contribution in [0.25, 0.3) is 0 Å². The van der Waals surface area contributed by atoms with Gasteiger partial charge < -0.3 is 16.0 Å². The molecule has 0 unspecified atom stereocenters. The van der Waals surface area contributed by atoms with E-state index >= 15 is 0 Å². The Labute approximate surface area is 195 Å².